The van der Waals surface area contributed by atoms with E-state index in [0.29, 0.717) is 12.6 Å². The number of rotatable bonds is 5. The Morgan fingerprint density at radius 3 is 2.52 bits per heavy atom. The minimum atomic E-state index is -4.24. The van der Waals surface area contributed by atoms with Gasteiger partial charge >= 0.3 is 5.51 Å². The molecule has 118 valence electrons. The van der Waals surface area contributed by atoms with Crippen molar-refractivity contribution in [3.05, 3.63) is 29.8 Å². The average molecular weight is 336 g/mol. The van der Waals surface area contributed by atoms with E-state index >= 15 is 0 Å². The third kappa shape index (κ3) is 4.81. The highest BCUT2D eigenvalue weighted by Gasteiger charge is 2.30. The first-order chi connectivity index (χ1) is 9.90. The zero-order chi connectivity index (χ0) is 15.5. The molecule has 0 aliphatic carbocycles. The van der Waals surface area contributed by atoms with Gasteiger partial charge in [-0.3, -0.25) is 4.90 Å². The van der Waals surface area contributed by atoms with Crippen LogP contribution in [-0.2, 0) is 0 Å². The van der Waals surface area contributed by atoms with Crippen molar-refractivity contribution in [2.75, 3.05) is 25.1 Å². The third-order valence-corrected chi connectivity index (χ3v) is 5.58. The average Bonchev–Trinajstić information content (AvgIpc) is 2.93. The Labute approximate surface area is 131 Å². The van der Waals surface area contributed by atoms with Gasteiger partial charge < -0.3 is 5.73 Å². The van der Waals surface area contributed by atoms with Crippen LogP contribution in [-0.4, -0.2) is 41.5 Å². The van der Waals surface area contributed by atoms with Crippen LogP contribution in [0.15, 0.2) is 29.2 Å². The summed E-state index contributed by atoms with van der Waals surface area (Å²) in [5.41, 5.74) is 2.61. The van der Waals surface area contributed by atoms with Crippen molar-refractivity contribution in [2.45, 2.75) is 28.9 Å². The van der Waals surface area contributed by atoms with Crippen molar-refractivity contribution < 1.29 is 13.2 Å². The molecule has 2 unspecified atom stereocenters. The molecule has 1 aliphatic heterocycles. The fourth-order valence-electron chi connectivity index (χ4n) is 2.53. The molecule has 1 aromatic carbocycles. The summed E-state index contributed by atoms with van der Waals surface area (Å²) in [6, 6.07) is 7.10. The zero-order valence-corrected chi connectivity index (χ0v) is 13.4. The molecule has 1 heterocycles. The van der Waals surface area contributed by atoms with E-state index in [0.717, 1.165) is 23.5 Å². The number of benzene rings is 1. The van der Waals surface area contributed by atoms with Gasteiger partial charge in [0.05, 0.1) is 0 Å². The minimum Gasteiger partial charge on any atom is -0.329 e. The number of alkyl halides is 3. The molecule has 1 aliphatic rings. The smallest absolute Gasteiger partial charge is 0.329 e. The molecule has 2 rings (SSSR count). The predicted molar refractivity (Wildman–Crippen MR) is 83.6 cm³/mol. The maximum absolute atomic E-state index is 12.3. The molecule has 2 atom stereocenters. The molecule has 0 aromatic heterocycles. The van der Waals surface area contributed by atoms with E-state index in [1.165, 1.54) is 12.1 Å². The standard InChI is InChI=1S/C14H19F3N2S2/c1-19(11-6-7-20-9-11)13(8-18)10-2-4-12(5-3-10)21-14(15,16)17/h2-5,11,13H,6-9,18H2,1H3. The number of nitrogens with zero attached hydrogens (tertiary/aromatic N) is 1. The Hall–Kier alpha value is -0.370. The molecule has 0 spiro atoms. The van der Waals surface area contributed by atoms with Crippen LogP contribution < -0.4 is 5.73 Å². The first-order valence-corrected chi connectivity index (χ1v) is 8.73. The molecule has 2 nitrogen and oxygen atoms in total. The van der Waals surface area contributed by atoms with Crippen molar-refractivity contribution in [1.82, 2.24) is 4.90 Å². The Balaban J connectivity index is 2.07. The van der Waals surface area contributed by atoms with E-state index in [1.807, 2.05) is 18.8 Å². The summed E-state index contributed by atoms with van der Waals surface area (Å²) in [4.78, 5) is 2.47. The largest absolute Gasteiger partial charge is 0.446 e. The lowest BCUT2D eigenvalue weighted by Crippen LogP contribution is -2.38. The van der Waals surface area contributed by atoms with Crippen molar-refractivity contribution >= 4 is 23.5 Å². The second-order valence-corrected chi connectivity index (χ2v) is 7.34. The van der Waals surface area contributed by atoms with Crippen molar-refractivity contribution in [2.24, 2.45) is 5.73 Å². The topological polar surface area (TPSA) is 29.3 Å². The van der Waals surface area contributed by atoms with Crippen LogP contribution in [0.1, 0.15) is 18.0 Å². The van der Waals surface area contributed by atoms with Crippen LogP contribution in [0.5, 0.6) is 0 Å². The first kappa shape index (κ1) is 17.0. The van der Waals surface area contributed by atoms with Gasteiger partial charge in [0.15, 0.2) is 0 Å². The fourth-order valence-corrected chi connectivity index (χ4v) is 4.35. The Morgan fingerprint density at radius 1 is 1.38 bits per heavy atom. The normalized spacial score (nSPS) is 21.0. The van der Waals surface area contributed by atoms with Crippen LogP contribution in [0.3, 0.4) is 0 Å². The summed E-state index contributed by atoms with van der Waals surface area (Å²) < 4.78 is 37.0. The molecule has 0 amide bonds. The first-order valence-electron chi connectivity index (χ1n) is 6.76. The second kappa shape index (κ2) is 7.26. The van der Waals surface area contributed by atoms with Crippen LogP contribution in [0.4, 0.5) is 13.2 Å². The van der Waals surface area contributed by atoms with E-state index in [9.17, 15) is 13.2 Å². The second-order valence-electron chi connectivity index (χ2n) is 5.05. The zero-order valence-electron chi connectivity index (χ0n) is 11.8. The van der Waals surface area contributed by atoms with E-state index in [1.54, 1.807) is 12.1 Å². The third-order valence-electron chi connectivity index (χ3n) is 3.69. The van der Waals surface area contributed by atoms with Gasteiger partial charge in [0.25, 0.3) is 0 Å². The summed E-state index contributed by atoms with van der Waals surface area (Å²) in [7, 11) is 2.05. The molecule has 0 saturated carbocycles. The monoisotopic (exact) mass is 336 g/mol. The molecule has 21 heavy (non-hydrogen) atoms. The quantitative estimate of drug-likeness (QED) is 0.830. The summed E-state index contributed by atoms with van der Waals surface area (Å²) in [6.45, 7) is 0.462. The van der Waals surface area contributed by atoms with Crippen molar-refractivity contribution in [3.8, 4) is 0 Å². The van der Waals surface area contributed by atoms with Crippen LogP contribution in [0.2, 0.25) is 0 Å². The number of thioether (sulfide) groups is 2. The Bertz CT molecular complexity index is 445. The van der Waals surface area contributed by atoms with Gasteiger partial charge in [0, 0.05) is 29.3 Å². The maximum Gasteiger partial charge on any atom is 0.446 e. The Morgan fingerprint density at radius 2 is 2.05 bits per heavy atom. The summed E-state index contributed by atoms with van der Waals surface area (Å²) in [5, 5.41) is 0. The predicted octanol–water partition coefficient (Wildman–Crippen LogP) is 3.74. The molecule has 1 fully saturated rings. The van der Waals surface area contributed by atoms with E-state index < -0.39 is 5.51 Å². The fraction of sp³-hybridized carbons (Fsp3) is 0.571. The highest BCUT2D eigenvalue weighted by Crippen LogP contribution is 2.37. The van der Waals surface area contributed by atoms with Crippen LogP contribution in [0, 0.1) is 0 Å². The minimum absolute atomic E-state index is 0.0543. The lowest BCUT2D eigenvalue weighted by molar-refractivity contribution is -0.0328. The van der Waals surface area contributed by atoms with Gasteiger partial charge in [-0.05, 0) is 48.7 Å². The van der Waals surface area contributed by atoms with E-state index in [4.69, 9.17) is 5.73 Å². The lowest BCUT2D eigenvalue weighted by Gasteiger charge is -2.32. The highest BCUT2D eigenvalue weighted by molar-refractivity contribution is 8.00. The number of likely N-dealkylation sites (N-methyl/N-ethyl adjacent to an activating group) is 1. The number of halogens is 3. The summed E-state index contributed by atoms with van der Waals surface area (Å²) in [6.07, 6.45) is 1.14. The van der Waals surface area contributed by atoms with Crippen LogP contribution in [0.25, 0.3) is 0 Å². The summed E-state index contributed by atoms with van der Waals surface area (Å²) >= 11 is 1.85. The van der Waals surface area contributed by atoms with Crippen molar-refractivity contribution in [3.63, 3.8) is 0 Å². The molecule has 0 bridgehead atoms. The molecule has 7 heteroatoms. The number of nitrogens with two attached hydrogens (primary N) is 1. The van der Waals surface area contributed by atoms with Gasteiger partial charge in [-0.2, -0.15) is 24.9 Å². The van der Waals surface area contributed by atoms with Gasteiger partial charge in [-0.15, -0.1) is 0 Å². The van der Waals surface area contributed by atoms with E-state index in [-0.39, 0.29) is 22.7 Å². The molecular formula is C14H19F3N2S2. The highest BCUT2D eigenvalue weighted by atomic mass is 32.2. The lowest BCUT2D eigenvalue weighted by atomic mass is 10.0. The number of hydrogen-bond acceptors (Lipinski definition) is 4. The van der Waals surface area contributed by atoms with Gasteiger partial charge in [0.1, 0.15) is 0 Å². The molecule has 0 radical (unpaired) electrons. The van der Waals surface area contributed by atoms with E-state index in [2.05, 4.69) is 4.90 Å². The molecular weight excluding hydrogens is 317 g/mol. The molecule has 2 N–H and O–H groups in total. The van der Waals surface area contributed by atoms with Gasteiger partial charge in [0.2, 0.25) is 0 Å². The Kier molecular flexibility index (Phi) is 5.88. The van der Waals surface area contributed by atoms with Crippen LogP contribution >= 0.6 is 23.5 Å². The van der Waals surface area contributed by atoms with Gasteiger partial charge in [-0.1, -0.05) is 12.1 Å². The molecule has 1 aromatic rings. The SMILES string of the molecule is CN(C1CCSC1)C(CN)c1ccc(SC(F)(F)F)cc1. The maximum atomic E-state index is 12.3. The summed E-state index contributed by atoms with van der Waals surface area (Å²) in [5.74, 6) is 2.25. The number of hydrogen-bond donors (Lipinski definition) is 1. The van der Waals surface area contributed by atoms with Crippen molar-refractivity contribution in [1.29, 1.82) is 0 Å². The molecule has 1 saturated heterocycles. The van der Waals surface area contributed by atoms with Gasteiger partial charge in [-0.25, -0.2) is 0 Å².